The van der Waals surface area contributed by atoms with E-state index in [0.29, 0.717) is 6.07 Å². The number of sulfone groups is 1. The molecule has 1 aromatic carbocycles. The molecule has 0 fully saturated rings. The standard InChI is InChI=1S/C10H6F3NO4S/c1-18-9(15)7-4-6(5-14)2-3-8(7)19(16,17)10(11,12)13/h2-4H,1H3. The Kier molecular flexibility index (Phi) is 3.86. The molecule has 0 aliphatic heterocycles. The van der Waals surface area contributed by atoms with Crippen molar-refractivity contribution in [3.05, 3.63) is 29.3 Å². The lowest BCUT2D eigenvalue weighted by Crippen LogP contribution is -2.25. The molecule has 9 heteroatoms. The zero-order valence-corrected chi connectivity index (χ0v) is 10.2. The lowest BCUT2D eigenvalue weighted by Gasteiger charge is -2.11. The van der Waals surface area contributed by atoms with Gasteiger partial charge in [-0.25, -0.2) is 13.2 Å². The van der Waals surface area contributed by atoms with E-state index >= 15 is 0 Å². The monoisotopic (exact) mass is 293 g/mol. The molecule has 102 valence electrons. The normalized spacial score (nSPS) is 11.7. The largest absolute Gasteiger partial charge is 0.501 e. The molecule has 5 nitrogen and oxygen atoms in total. The molecule has 0 saturated carbocycles. The summed E-state index contributed by atoms with van der Waals surface area (Å²) in [6, 6.07) is 3.72. The maximum atomic E-state index is 12.4. The third kappa shape index (κ3) is 2.68. The fourth-order valence-corrected chi connectivity index (χ4v) is 2.16. The first-order valence-electron chi connectivity index (χ1n) is 4.59. The SMILES string of the molecule is COC(=O)c1cc(C#N)ccc1S(=O)(=O)C(F)(F)F. The molecular weight excluding hydrogens is 287 g/mol. The minimum atomic E-state index is -5.70. The topological polar surface area (TPSA) is 84.2 Å². The second kappa shape index (κ2) is 4.89. The van der Waals surface area contributed by atoms with Crippen molar-refractivity contribution in [2.45, 2.75) is 10.4 Å². The number of halogens is 3. The Balaban J connectivity index is 3.63. The number of methoxy groups -OCH3 is 1. The number of hydrogen-bond acceptors (Lipinski definition) is 5. The van der Waals surface area contributed by atoms with E-state index in [1.165, 1.54) is 0 Å². The number of carbonyl (C=O) groups is 1. The summed E-state index contributed by atoms with van der Waals surface area (Å²) in [5.74, 6) is -1.28. The Morgan fingerprint density at radius 3 is 2.37 bits per heavy atom. The molecule has 1 aromatic rings. The molecule has 0 amide bonds. The molecule has 0 radical (unpaired) electrons. The number of esters is 1. The van der Waals surface area contributed by atoms with Crippen LogP contribution in [0.2, 0.25) is 0 Å². The quantitative estimate of drug-likeness (QED) is 0.774. The highest BCUT2D eigenvalue weighted by Gasteiger charge is 2.48. The van der Waals surface area contributed by atoms with E-state index in [4.69, 9.17) is 5.26 Å². The van der Waals surface area contributed by atoms with Gasteiger partial charge in [0.15, 0.2) is 0 Å². The highest BCUT2D eigenvalue weighted by Crippen LogP contribution is 2.32. The van der Waals surface area contributed by atoms with Crippen molar-refractivity contribution in [2.24, 2.45) is 0 Å². The summed E-state index contributed by atoms with van der Waals surface area (Å²) in [4.78, 5) is 10.1. The fourth-order valence-electron chi connectivity index (χ4n) is 1.23. The molecule has 0 atom stereocenters. The van der Waals surface area contributed by atoms with Gasteiger partial charge in [0, 0.05) is 0 Å². The fraction of sp³-hybridized carbons (Fsp3) is 0.200. The van der Waals surface area contributed by atoms with Crippen LogP contribution in [-0.4, -0.2) is 27.0 Å². The number of carbonyl (C=O) groups excluding carboxylic acids is 1. The minimum absolute atomic E-state index is 0.165. The highest BCUT2D eigenvalue weighted by atomic mass is 32.2. The Morgan fingerprint density at radius 2 is 1.95 bits per heavy atom. The van der Waals surface area contributed by atoms with Gasteiger partial charge in [-0.05, 0) is 18.2 Å². The lowest BCUT2D eigenvalue weighted by molar-refractivity contribution is -0.0436. The third-order valence-corrected chi connectivity index (χ3v) is 3.65. The molecule has 0 bridgehead atoms. The zero-order valence-electron chi connectivity index (χ0n) is 9.35. The van der Waals surface area contributed by atoms with Crippen LogP contribution in [0.1, 0.15) is 15.9 Å². The van der Waals surface area contributed by atoms with Crippen LogP contribution in [0.25, 0.3) is 0 Å². The van der Waals surface area contributed by atoms with Gasteiger partial charge in [-0.15, -0.1) is 0 Å². The van der Waals surface area contributed by atoms with E-state index in [2.05, 4.69) is 4.74 Å². The maximum absolute atomic E-state index is 12.4. The number of benzene rings is 1. The van der Waals surface area contributed by atoms with Gasteiger partial charge in [-0.2, -0.15) is 18.4 Å². The van der Waals surface area contributed by atoms with E-state index in [1.807, 2.05) is 0 Å². The van der Waals surface area contributed by atoms with E-state index in [9.17, 15) is 26.4 Å². The molecule has 0 aliphatic rings. The summed E-state index contributed by atoms with van der Waals surface area (Å²) < 4.78 is 64.1. The average Bonchev–Trinajstić information content (AvgIpc) is 2.35. The van der Waals surface area contributed by atoms with E-state index < -0.39 is 31.8 Å². The first-order valence-corrected chi connectivity index (χ1v) is 6.07. The van der Waals surface area contributed by atoms with Crippen molar-refractivity contribution in [2.75, 3.05) is 7.11 Å². The van der Waals surface area contributed by atoms with Gasteiger partial charge < -0.3 is 4.74 Å². The maximum Gasteiger partial charge on any atom is 0.501 e. The van der Waals surface area contributed by atoms with Crippen molar-refractivity contribution in [3.63, 3.8) is 0 Å². The predicted molar refractivity (Wildman–Crippen MR) is 55.7 cm³/mol. The molecular formula is C10H6F3NO4S. The average molecular weight is 293 g/mol. The Labute approximate surface area is 106 Å². The summed E-state index contributed by atoms with van der Waals surface area (Å²) in [5.41, 5.74) is -6.55. The summed E-state index contributed by atoms with van der Waals surface area (Å²) >= 11 is 0. The van der Waals surface area contributed by atoms with Crippen molar-refractivity contribution >= 4 is 15.8 Å². The van der Waals surface area contributed by atoms with E-state index in [-0.39, 0.29) is 5.56 Å². The summed E-state index contributed by atoms with van der Waals surface area (Å²) in [7, 11) is -4.82. The molecule has 0 saturated heterocycles. The van der Waals surface area contributed by atoms with Crippen LogP contribution in [0.3, 0.4) is 0 Å². The van der Waals surface area contributed by atoms with E-state index in [0.717, 1.165) is 19.2 Å². The Bertz CT molecular complexity index is 658. The van der Waals surface area contributed by atoms with Gasteiger partial charge in [0.05, 0.1) is 29.2 Å². The molecule has 0 aromatic heterocycles. The van der Waals surface area contributed by atoms with Crippen molar-refractivity contribution in [1.82, 2.24) is 0 Å². The van der Waals surface area contributed by atoms with Crippen LogP contribution in [0, 0.1) is 11.3 Å². The van der Waals surface area contributed by atoms with Crippen LogP contribution < -0.4 is 0 Å². The Morgan fingerprint density at radius 1 is 1.37 bits per heavy atom. The summed E-state index contributed by atoms with van der Waals surface area (Å²) in [5, 5.41) is 8.60. The number of rotatable bonds is 2. The Hall–Kier alpha value is -2.08. The van der Waals surface area contributed by atoms with Crippen LogP contribution in [0.4, 0.5) is 13.2 Å². The highest BCUT2D eigenvalue weighted by molar-refractivity contribution is 7.92. The van der Waals surface area contributed by atoms with Crippen molar-refractivity contribution in [3.8, 4) is 6.07 Å². The predicted octanol–water partition coefficient (Wildman–Crippen LogP) is 1.64. The van der Waals surface area contributed by atoms with Gasteiger partial charge in [0.1, 0.15) is 0 Å². The molecule has 0 heterocycles. The van der Waals surface area contributed by atoms with Gasteiger partial charge in [0.2, 0.25) is 0 Å². The summed E-state index contributed by atoms with van der Waals surface area (Å²) in [6.07, 6.45) is 0. The van der Waals surface area contributed by atoms with Crippen LogP contribution >= 0.6 is 0 Å². The molecule has 0 unspecified atom stereocenters. The number of ether oxygens (including phenoxy) is 1. The number of nitriles is 1. The second-order valence-electron chi connectivity index (χ2n) is 3.26. The summed E-state index contributed by atoms with van der Waals surface area (Å²) in [6.45, 7) is 0. The number of hydrogen-bond donors (Lipinski definition) is 0. The number of alkyl halides is 3. The number of nitrogens with zero attached hydrogens (tertiary/aromatic N) is 1. The molecule has 1 rings (SSSR count). The molecule has 0 spiro atoms. The van der Waals surface area contributed by atoms with Gasteiger partial charge in [-0.3, -0.25) is 0 Å². The minimum Gasteiger partial charge on any atom is -0.465 e. The lowest BCUT2D eigenvalue weighted by atomic mass is 10.1. The molecule has 0 aliphatic carbocycles. The van der Waals surface area contributed by atoms with Gasteiger partial charge >= 0.3 is 11.5 Å². The molecule has 19 heavy (non-hydrogen) atoms. The third-order valence-electron chi connectivity index (χ3n) is 2.11. The van der Waals surface area contributed by atoms with E-state index in [1.54, 1.807) is 6.07 Å². The second-order valence-corrected chi connectivity index (χ2v) is 5.17. The van der Waals surface area contributed by atoms with Gasteiger partial charge in [0.25, 0.3) is 9.84 Å². The van der Waals surface area contributed by atoms with Crippen LogP contribution in [0.5, 0.6) is 0 Å². The first-order chi connectivity index (χ1) is 8.65. The smallest absolute Gasteiger partial charge is 0.465 e. The first kappa shape index (κ1) is 15.0. The van der Waals surface area contributed by atoms with Crippen LogP contribution in [0.15, 0.2) is 23.1 Å². The van der Waals surface area contributed by atoms with Crippen molar-refractivity contribution in [1.29, 1.82) is 5.26 Å². The van der Waals surface area contributed by atoms with Gasteiger partial charge in [-0.1, -0.05) is 0 Å². The van der Waals surface area contributed by atoms with Crippen molar-refractivity contribution < 1.29 is 31.1 Å². The van der Waals surface area contributed by atoms with Crippen LogP contribution in [-0.2, 0) is 14.6 Å². The molecule has 0 N–H and O–H groups in total. The zero-order chi connectivity index (χ0) is 14.8.